The number of carbonyl (C=O) groups excluding carboxylic acids is 1. The van der Waals surface area contributed by atoms with Gasteiger partial charge < -0.3 is 5.32 Å². The van der Waals surface area contributed by atoms with Gasteiger partial charge in [-0.05, 0) is 49.4 Å². The van der Waals surface area contributed by atoms with Crippen molar-refractivity contribution in [3.63, 3.8) is 0 Å². The Morgan fingerprint density at radius 3 is 2.32 bits per heavy atom. The molecule has 0 aliphatic carbocycles. The molecule has 1 aliphatic rings. The van der Waals surface area contributed by atoms with Crippen molar-refractivity contribution in [1.82, 2.24) is 9.62 Å². The molecule has 1 fully saturated rings. The Morgan fingerprint density at radius 1 is 1.10 bits per heavy atom. The quantitative estimate of drug-likeness (QED) is 0.595. The van der Waals surface area contributed by atoms with Crippen LogP contribution in [0.4, 0.5) is 0 Å². The van der Waals surface area contributed by atoms with Crippen LogP contribution in [0.5, 0.6) is 0 Å². The van der Waals surface area contributed by atoms with Gasteiger partial charge in [-0.2, -0.15) is 0 Å². The van der Waals surface area contributed by atoms with E-state index in [1.54, 1.807) is 18.2 Å². The van der Waals surface area contributed by atoms with Crippen LogP contribution in [0.3, 0.4) is 0 Å². The van der Waals surface area contributed by atoms with Gasteiger partial charge in [-0.25, -0.2) is 12.7 Å². The second-order valence-electron chi connectivity index (χ2n) is 8.06. The highest BCUT2D eigenvalue weighted by Gasteiger charge is 2.32. The average molecular weight is 483 g/mol. The minimum absolute atomic E-state index is 0.00560. The zero-order valence-corrected chi connectivity index (χ0v) is 20.1. The van der Waals surface area contributed by atoms with Crippen molar-refractivity contribution < 1.29 is 13.2 Å². The van der Waals surface area contributed by atoms with Crippen LogP contribution in [0, 0.1) is 12.8 Å². The monoisotopic (exact) mass is 482 g/mol. The Hall–Kier alpha value is -1.60. The SMILES string of the molecule is CCC(NC(=O)C1CCN(S(=O)(=O)Cc2ccc(Cl)c(Cl)c2)CC1)c1ccc(C)cc1. The standard InChI is InChI=1S/C23H28Cl2N2O3S/c1-3-22(18-7-4-16(2)5-8-18)26-23(28)19-10-12-27(13-11-19)31(29,30)15-17-6-9-20(24)21(25)14-17/h4-9,14,19,22H,3,10-13,15H2,1-2H3,(H,26,28). The summed E-state index contributed by atoms with van der Waals surface area (Å²) in [5.41, 5.74) is 2.86. The Kier molecular flexibility index (Phi) is 8.03. The van der Waals surface area contributed by atoms with Crippen molar-refractivity contribution in [3.05, 3.63) is 69.2 Å². The number of hydrogen-bond donors (Lipinski definition) is 1. The van der Waals surface area contributed by atoms with E-state index >= 15 is 0 Å². The topological polar surface area (TPSA) is 66.5 Å². The van der Waals surface area contributed by atoms with Crippen LogP contribution in [0.15, 0.2) is 42.5 Å². The number of nitrogens with one attached hydrogen (secondary N) is 1. The molecule has 0 saturated carbocycles. The molecule has 8 heteroatoms. The molecule has 1 aliphatic heterocycles. The number of benzene rings is 2. The van der Waals surface area contributed by atoms with Gasteiger partial charge in [0.05, 0.1) is 21.8 Å². The molecule has 1 atom stereocenters. The van der Waals surface area contributed by atoms with Crippen molar-refractivity contribution in [2.45, 2.75) is 44.9 Å². The zero-order valence-electron chi connectivity index (χ0n) is 17.8. The van der Waals surface area contributed by atoms with E-state index in [2.05, 4.69) is 5.32 Å². The molecule has 0 spiro atoms. The van der Waals surface area contributed by atoms with Crippen LogP contribution in [0.1, 0.15) is 48.9 Å². The van der Waals surface area contributed by atoms with Gasteiger partial charge in [-0.1, -0.05) is 66.0 Å². The zero-order chi connectivity index (χ0) is 22.6. The van der Waals surface area contributed by atoms with Crippen LogP contribution in [0.25, 0.3) is 0 Å². The number of nitrogens with zero attached hydrogens (tertiary/aromatic N) is 1. The van der Waals surface area contributed by atoms with Gasteiger partial charge in [0.15, 0.2) is 0 Å². The van der Waals surface area contributed by atoms with Crippen molar-refractivity contribution in [1.29, 1.82) is 0 Å². The van der Waals surface area contributed by atoms with Crippen LogP contribution in [-0.2, 0) is 20.6 Å². The summed E-state index contributed by atoms with van der Waals surface area (Å²) in [7, 11) is -3.49. The molecule has 1 heterocycles. The first-order valence-corrected chi connectivity index (χ1v) is 12.8. The molecule has 2 aromatic rings. The van der Waals surface area contributed by atoms with E-state index in [9.17, 15) is 13.2 Å². The molecule has 1 amide bonds. The molecule has 2 aromatic carbocycles. The molecule has 1 unspecified atom stereocenters. The highest BCUT2D eigenvalue weighted by atomic mass is 35.5. The summed E-state index contributed by atoms with van der Waals surface area (Å²) in [6.07, 6.45) is 1.82. The maximum Gasteiger partial charge on any atom is 0.223 e. The van der Waals surface area contributed by atoms with E-state index in [0.29, 0.717) is 41.5 Å². The number of carbonyl (C=O) groups is 1. The highest BCUT2D eigenvalue weighted by Crippen LogP contribution is 2.27. The van der Waals surface area contributed by atoms with Crippen molar-refractivity contribution in [3.8, 4) is 0 Å². The summed E-state index contributed by atoms with van der Waals surface area (Å²) in [5.74, 6) is -0.323. The van der Waals surface area contributed by atoms with Crippen molar-refractivity contribution >= 4 is 39.1 Å². The molecular formula is C23H28Cl2N2O3S. The maximum atomic E-state index is 12.8. The van der Waals surface area contributed by atoms with Gasteiger partial charge in [0, 0.05) is 19.0 Å². The molecule has 0 aromatic heterocycles. The lowest BCUT2D eigenvalue weighted by molar-refractivity contribution is -0.126. The fourth-order valence-corrected chi connectivity index (χ4v) is 5.71. The molecule has 1 N–H and O–H groups in total. The predicted octanol–water partition coefficient (Wildman–Crippen LogP) is 5.11. The van der Waals surface area contributed by atoms with Crippen LogP contribution in [-0.4, -0.2) is 31.7 Å². The maximum absolute atomic E-state index is 12.8. The van der Waals surface area contributed by atoms with Gasteiger partial charge in [-0.3, -0.25) is 4.79 Å². The predicted molar refractivity (Wildman–Crippen MR) is 126 cm³/mol. The normalized spacial score (nSPS) is 16.8. The summed E-state index contributed by atoms with van der Waals surface area (Å²) >= 11 is 11.9. The van der Waals surface area contributed by atoms with Gasteiger partial charge in [0.1, 0.15) is 0 Å². The minimum atomic E-state index is -3.49. The number of amides is 1. The van der Waals surface area contributed by atoms with E-state index in [1.807, 2.05) is 38.1 Å². The lowest BCUT2D eigenvalue weighted by Gasteiger charge is -2.31. The molecular weight excluding hydrogens is 455 g/mol. The molecule has 31 heavy (non-hydrogen) atoms. The molecule has 0 radical (unpaired) electrons. The number of halogens is 2. The molecule has 0 bridgehead atoms. The summed E-state index contributed by atoms with van der Waals surface area (Å²) in [6, 6.07) is 13.0. The van der Waals surface area contributed by atoms with Crippen LogP contribution < -0.4 is 5.32 Å². The van der Waals surface area contributed by atoms with Crippen molar-refractivity contribution in [2.24, 2.45) is 5.92 Å². The third-order valence-corrected chi connectivity index (χ3v) is 8.34. The van der Waals surface area contributed by atoms with E-state index in [-0.39, 0.29) is 23.6 Å². The van der Waals surface area contributed by atoms with E-state index in [0.717, 1.165) is 12.0 Å². The number of sulfonamides is 1. The van der Waals surface area contributed by atoms with Crippen LogP contribution >= 0.6 is 23.2 Å². The lowest BCUT2D eigenvalue weighted by Crippen LogP contribution is -2.44. The highest BCUT2D eigenvalue weighted by molar-refractivity contribution is 7.88. The second-order valence-corrected chi connectivity index (χ2v) is 10.8. The van der Waals surface area contributed by atoms with Crippen LogP contribution in [0.2, 0.25) is 10.0 Å². The average Bonchev–Trinajstić information content (AvgIpc) is 2.75. The summed E-state index contributed by atoms with van der Waals surface area (Å²) in [5, 5.41) is 3.87. The third kappa shape index (κ3) is 6.22. The Morgan fingerprint density at radius 2 is 1.74 bits per heavy atom. The first-order valence-electron chi connectivity index (χ1n) is 10.5. The summed E-state index contributed by atoms with van der Waals surface area (Å²) in [4.78, 5) is 12.8. The first-order chi connectivity index (χ1) is 14.7. The first kappa shape index (κ1) is 24.1. The van der Waals surface area contributed by atoms with Gasteiger partial charge in [0.25, 0.3) is 0 Å². The number of hydrogen-bond acceptors (Lipinski definition) is 3. The van der Waals surface area contributed by atoms with E-state index in [4.69, 9.17) is 23.2 Å². The number of aryl methyl sites for hydroxylation is 1. The lowest BCUT2D eigenvalue weighted by atomic mass is 9.95. The minimum Gasteiger partial charge on any atom is -0.349 e. The van der Waals surface area contributed by atoms with Crippen molar-refractivity contribution in [2.75, 3.05) is 13.1 Å². The largest absolute Gasteiger partial charge is 0.349 e. The Bertz CT molecular complexity index is 1020. The number of piperidine rings is 1. The molecule has 168 valence electrons. The molecule has 1 saturated heterocycles. The molecule has 5 nitrogen and oxygen atoms in total. The third-order valence-electron chi connectivity index (χ3n) is 5.76. The smallest absolute Gasteiger partial charge is 0.223 e. The van der Waals surface area contributed by atoms with E-state index < -0.39 is 10.0 Å². The van der Waals surface area contributed by atoms with E-state index in [1.165, 1.54) is 9.87 Å². The Balaban J connectivity index is 1.57. The fraction of sp³-hybridized carbons (Fsp3) is 0.435. The van der Waals surface area contributed by atoms with Gasteiger partial charge in [0.2, 0.25) is 15.9 Å². The Labute approximate surface area is 194 Å². The van der Waals surface area contributed by atoms with Gasteiger partial charge in [-0.15, -0.1) is 0 Å². The summed E-state index contributed by atoms with van der Waals surface area (Å²) < 4.78 is 27.1. The summed E-state index contributed by atoms with van der Waals surface area (Å²) in [6.45, 7) is 4.75. The van der Waals surface area contributed by atoms with Gasteiger partial charge >= 0.3 is 0 Å². The fourth-order valence-electron chi connectivity index (χ4n) is 3.84. The second kappa shape index (κ2) is 10.3. The molecule has 3 rings (SSSR count). The number of rotatable bonds is 7.